The molecule has 0 radical (unpaired) electrons. The van der Waals surface area contributed by atoms with Crippen molar-refractivity contribution in [3.8, 4) is 0 Å². The van der Waals surface area contributed by atoms with Crippen LogP contribution in [0.15, 0.2) is 36.4 Å². The number of pyridine rings is 1. The fourth-order valence-corrected chi connectivity index (χ4v) is 4.71. The summed E-state index contributed by atoms with van der Waals surface area (Å²) < 4.78 is 15.2. The van der Waals surface area contributed by atoms with Gasteiger partial charge < -0.3 is 9.80 Å². The number of aromatic nitrogens is 3. The van der Waals surface area contributed by atoms with Crippen LogP contribution < -0.4 is 0 Å². The highest BCUT2D eigenvalue weighted by Crippen LogP contribution is 2.31. The molecule has 4 heterocycles. The number of carbonyl (C=O) groups is 2. The summed E-state index contributed by atoms with van der Waals surface area (Å²) >= 11 is 12.1. The molecule has 2 aliphatic heterocycles. The van der Waals surface area contributed by atoms with Gasteiger partial charge in [-0.2, -0.15) is 9.49 Å². The maximum absolute atomic E-state index is 13.5. The summed E-state index contributed by atoms with van der Waals surface area (Å²) in [5, 5.41) is 5.35. The molecule has 1 atom stereocenters. The molecule has 0 saturated heterocycles. The molecule has 3 aromatic rings. The molecule has 0 aliphatic carbocycles. The van der Waals surface area contributed by atoms with Crippen LogP contribution >= 0.6 is 23.2 Å². The molecular formula is C23H20Cl2FN5O2. The van der Waals surface area contributed by atoms with Gasteiger partial charge in [-0.25, -0.2) is 4.98 Å². The van der Waals surface area contributed by atoms with Crippen LogP contribution in [-0.2, 0) is 26.1 Å². The molecule has 33 heavy (non-hydrogen) atoms. The van der Waals surface area contributed by atoms with E-state index in [1.807, 2.05) is 6.92 Å². The van der Waals surface area contributed by atoms with Gasteiger partial charge in [0.2, 0.25) is 5.95 Å². The van der Waals surface area contributed by atoms with Gasteiger partial charge in [-0.05, 0) is 37.3 Å². The van der Waals surface area contributed by atoms with Crippen LogP contribution in [-0.4, -0.2) is 49.0 Å². The van der Waals surface area contributed by atoms with Gasteiger partial charge in [0.1, 0.15) is 5.69 Å². The third kappa shape index (κ3) is 3.98. The summed E-state index contributed by atoms with van der Waals surface area (Å²) in [6.07, 6.45) is 0.543. The molecule has 0 fully saturated rings. The Labute approximate surface area is 199 Å². The fraction of sp³-hybridized carbons (Fsp3) is 0.304. The van der Waals surface area contributed by atoms with Crippen molar-refractivity contribution in [3.05, 3.63) is 80.6 Å². The summed E-state index contributed by atoms with van der Waals surface area (Å²) in [6, 6.07) is 9.24. The van der Waals surface area contributed by atoms with Crippen LogP contribution in [0, 0.1) is 5.95 Å². The fourth-order valence-electron chi connectivity index (χ4n) is 4.41. The lowest BCUT2D eigenvalue weighted by atomic mass is 9.97. The largest absolute Gasteiger partial charge is 0.331 e. The van der Waals surface area contributed by atoms with E-state index in [1.165, 1.54) is 6.07 Å². The minimum atomic E-state index is -0.579. The molecule has 2 amide bonds. The molecule has 0 unspecified atom stereocenters. The summed E-state index contributed by atoms with van der Waals surface area (Å²) in [5.41, 5.74) is 2.98. The number of hydrogen-bond acceptors (Lipinski definition) is 4. The Morgan fingerprint density at radius 1 is 1.18 bits per heavy atom. The van der Waals surface area contributed by atoms with Gasteiger partial charge in [-0.15, -0.1) is 0 Å². The second-order valence-corrected chi connectivity index (χ2v) is 9.10. The first kappa shape index (κ1) is 21.9. The minimum absolute atomic E-state index is 0.0981. The van der Waals surface area contributed by atoms with Crippen molar-refractivity contribution < 1.29 is 14.0 Å². The second kappa shape index (κ2) is 8.43. The van der Waals surface area contributed by atoms with Crippen LogP contribution in [0.5, 0.6) is 0 Å². The molecule has 0 bridgehead atoms. The number of rotatable bonds is 3. The molecule has 2 aliphatic rings. The lowest BCUT2D eigenvalue weighted by Crippen LogP contribution is -2.44. The van der Waals surface area contributed by atoms with Gasteiger partial charge >= 0.3 is 0 Å². The number of fused-ring (bicyclic) bond motifs is 3. The summed E-state index contributed by atoms with van der Waals surface area (Å²) in [5.74, 6) is -0.960. The molecule has 0 saturated carbocycles. The van der Waals surface area contributed by atoms with Gasteiger partial charge in [-0.1, -0.05) is 29.3 Å². The van der Waals surface area contributed by atoms with E-state index in [4.69, 9.17) is 23.2 Å². The maximum Gasteiger partial charge on any atom is 0.272 e. The zero-order chi connectivity index (χ0) is 23.3. The summed E-state index contributed by atoms with van der Waals surface area (Å²) in [7, 11) is 0. The topological polar surface area (TPSA) is 71.3 Å². The smallest absolute Gasteiger partial charge is 0.272 e. The normalized spacial score (nSPS) is 17.7. The Bertz CT molecular complexity index is 1280. The quantitative estimate of drug-likeness (QED) is 0.524. The van der Waals surface area contributed by atoms with Crippen molar-refractivity contribution in [2.75, 3.05) is 6.54 Å². The van der Waals surface area contributed by atoms with Crippen LogP contribution in [0.2, 0.25) is 10.0 Å². The van der Waals surface area contributed by atoms with Gasteiger partial charge in [0, 0.05) is 30.1 Å². The van der Waals surface area contributed by atoms with Crippen molar-refractivity contribution in [2.45, 2.75) is 39.0 Å². The molecule has 5 rings (SSSR count). The van der Waals surface area contributed by atoms with Gasteiger partial charge in [0.05, 0.1) is 41.1 Å². The SMILES string of the molecule is C[C@@H]1Cc2nn3c(c2CN1C(=O)c1ccc(Cl)c(Cl)c1)C(=O)N(Cc1cccc(F)n1)CC3. The number of halogens is 3. The number of nitrogens with zero attached hydrogens (tertiary/aromatic N) is 5. The Morgan fingerprint density at radius 3 is 2.76 bits per heavy atom. The third-order valence-corrected chi connectivity index (χ3v) is 6.85. The van der Waals surface area contributed by atoms with Gasteiger partial charge in [-0.3, -0.25) is 14.3 Å². The van der Waals surface area contributed by atoms with E-state index in [9.17, 15) is 14.0 Å². The lowest BCUT2D eigenvalue weighted by Gasteiger charge is -2.34. The predicted octanol–water partition coefficient (Wildman–Crippen LogP) is 3.97. The Balaban J connectivity index is 1.43. The highest BCUT2D eigenvalue weighted by molar-refractivity contribution is 6.42. The van der Waals surface area contributed by atoms with Gasteiger partial charge in [0.25, 0.3) is 11.8 Å². The minimum Gasteiger partial charge on any atom is -0.331 e. The van der Waals surface area contributed by atoms with Crippen molar-refractivity contribution in [3.63, 3.8) is 0 Å². The van der Waals surface area contributed by atoms with Crippen LogP contribution in [0.4, 0.5) is 4.39 Å². The van der Waals surface area contributed by atoms with E-state index in [0.717, 1.165) is 11.3 Å². The van der Waals surface area contributed by atoms with Crippen LogP contribution in [0.3, 0.4) is 0 Å². The third-order valence-electron chi connectivity index (χ3n) is 6.11. The monoisotopic (exact) mass is 487 g/mol. The number of carbonyl (C=O) groups excluding carboxylic acids is 2. The first-order valence-electron chi connectivity index (χ1n) is 10.6. The molecule has 0 N–H and O–H groups in total. The highest BCUT2D eigenvalue weighted by atomic mass is 35.5. The highest BCUT2D eigenvalue weighted by Gasteiger charge is 2.37. The van der Waals surface area contributed by atoms with Crippen molar-refractivity contribution in [1.82, 2.24) is 24.6 Å². The van der Waals surface area contributed by atoms with E-state index in [0.29, 0.717) is 46.5 Å². The molecule has 0 spiro atoms. The summed E-state index contributed by atoms with van der Waals surface area (Å²) in [4.78, 5) is 33.8. The zero-order valence-corrected chi connectivity index (χ0v) is 19.3. The van der Waals surface area contributed by atoms with E-state index >= 15 is 0 Å². The number of amides is 2. The van der Waals surface area contributed by atoms with Crippen molar-refractivity contribution in [2.24, 2.45) is 0 Å². The zero-order valence-electron chi connectivity index (χ0n) is 17.8. The Hall–Kier alpha value is -2.97. The second-order valence-electron chi connectivity index (χ2n) is 8.29. The van der Waals surface area contributed by atoms with Crippen molar-refractivity contribution in [1.29, 1.82) is 0 Å². The number of hydrogen-bond donors (Lipinski definition) is 0. The van der Waals surface area contributed by atoms with Crippen molar-refractivity contribution >= 4 is 35.0 Å². The Morgan fingerprint density at radius 2 is 2.00 bits per heavy atom. The van der Waals surface area contributed by atoms with Crippen LogP contribution in [0.25, 0.3) is 0 Å². The standard InChI is InChI=1S/C23H20Cl2FN5O2/c1-13-9-19-16(12-30(13)22(32)14-5-6-17(24)18(25)10-14)21-23(33)29(7-8-31(21)28-19)11-15-3-2-4-20(26)27-15/h2-6,10,13H,7-9,11-12H2,1H3/t13-/m1/s1. The Kier molecular flexibility index (Phi) is 5.58. The molecule has 1 aromatic carbocycles. The number of benzene rings is 1. The van der Waals surface area contributed by atoms with E-state index in [-0.39, 0.29) is 30.9 Å². The molecule has 7 nitrogen and oxygen atoms in total. The first-order valence-corrected chi connectivity index (χ1v) is 11.3. The molecule has 2 aromatic heterocycles. The van der Waals surface area contributed by atoms with E-state index in [2.05, 4.69) is 10.1 Å². The predicted molar refractivity (Wildman–Crippen MR) is 121 cm³/mol. The van der Waals surface area contributed by atoms with E-state index in [1.54, 1.807) is 44.8 Å². The molecular weight excluding hydrogens is 468 g/mol. The lowest BCUT2D eigenvalue weighted by molar-refractivity contribution is 0.0636. The first-order chi connectivity index (χ1) is 15.8. The maximum atomic E-state index is 13.5. The summed E-state index contributed by atoms with van der Waals surface area (Å²) in [6.45, 7) is 3.41. The van der Waals surface area contributed by atoms with E-state index < -0.39 is 5.95 Å². The van der Waals surface area contributed by atoms with Gasteiger partial charge in [0.15, 0.2) is 0 Å². The molecule has 170 valence electrons. The molecule has 10 heteroatoms. The van der Waals surface area contributed by atoms with Crippen LogP contribution in [0.1, 0.15) is 44.7 Å². The average Bonchev–Trinajstić information content (AvgIpc) is 3.14. The average molecular weight is 488 g/mol.